The standard InChI is InChI=1S/C14H19N3O3/c1-3-4-13(19)15-9-14(20)17-12-7-5-11(6-8-12)16-10(2)18/h5-8H,3-4,9H2,1-2H3,(H,15,19)(H,16,18)(H,17,20). The second kappa shape index (κ2) is 7.93. The molecule has 6 nitrogen and oxygen atoms in total. The number of hydrogen-bond donors (Lipinski definition) is 3. The quantitative estimate of drug-likeness (QED) is 0.736. The van der Waals surface area contributed by atoms with Crippen molar-refractivity contribution in [2.75, 3.05) is 17.2 Å². The van der Waals surface area contributed by atoms with Gasteiger partial charge in [-0.3, -0.25) is 14.4 Å². The second-order valence-electron chi connectivity index (χ2n) is 4.33. The minimum Gasteiger partial charge on any atom is -0.347 e. The molecule has 108 valence electrons. The van der Waals surface area contributed by atoms with E-state index in [4.69, 9.17) is 0 Å². The Morgan fingerprint density at radius 1 is 0.950 bits per heavy atom. The average Bonchev–Trinajstić information content (AvgIpc) is 2.38. The Balaban J connectivity index is 2.42. The van der Waals surface area contributed by atoms with Crippen molar-refractivity contribution in [3.63, 3.8) is 0 Å². The Kier molecular flexibility index (Phi) is 6.22. The first-order chi connectivity index (χ1) is 9.51. The Bertz CT molecular complexity index is 483. The zero-order valence-corrected chi connectivity index (χ0v) is 11.7. The molecule has 6 heteroatoms. The molecule has 0 radical (unpaired) electrons. The van der Waals surface area contributed by atoms with Gasteiger partial charge in [-0.15, -0.1) is 0 Å². The molecule has 0 fully saturated rings. The largest absolute Gasteiger partial charge is 0.347 e. The van der Waals surface area contributed by atoms with Crippen molar-refractivity contribution in [3.05, 3.63) is 24.3 Å². The molecule has 3 amide bonds. The van der Waals surface area contributed by atoms with Crippen LogP contribution in [0.2, 0.25) is 0 Å². The van der Waals surface area contributed by atoms with E-state index in [0.29, 0.717) is 17.8 Å². The van der Waals surface area contributed by atoms with Gasteiger partial charge in [0, 0.05) is 24.7 Å². The van der Waals surface area contributed by atoms with E-state index in [9.17, 15) is 14.4 Å². The minimum absolute atomic E-state index is 0.0493. The van der Waals surface area contributed by atoms with E-state index in [1.54, 1.807) is 24.3 Å². The lowest BCUT2D eigenvalue weighted by atomic mass is 10.2. The van der Waals surface area contributed by atoms with Crippen LogP contribution < -0.4 is 16.0 Å². The van der Waals surface area contributed by atoms with Crippen molar-refractivity contribution in [2.45, 2.75) is 26.7 Å². The number of hydrogen-bond acceptors (Lipinski definition) is 3. The Labute approximate surface area is 117 Å². The van der Waals surface area contributed by atoms with Gasteiger partial charge in [-0.25, -0.2) is 0 Å². The monoisotopic (exact) mass is 277 g/mol. The number of anilines is 2. The molecule has 0 spiro atoms. The third-order valence-corrected chi connectivity index (χ3v) is 2.41. The zero-order valence-electron chi connectivity index (χ0n) is 11.7. The first-order valence-electron chi connectivity index (χ1n) is 6.45. The summed E-state index contributed by atoms with van der Waals surface area (Å²) < 4.78 is 0. The van der Waals surface area contributed by atoms with Crippen molar-refractivity contribution >= 4 is 29.1 Å². The molecule has 0 aromatic heterocycles. The summed E-state index contributed by atoms with van der Waals surface area (Å²) in [5, 5.41) is 7.82. The maximum Gasteiger partial charge on any atom is 0.243 e. The molecular formula is C14H19N3O3. The predicted octanol–water partition coefficient (Wildman–Crippen LogP) is 1.50. The molecule has 1 rings (SSSR count). The van der Waals surface area contributed by atoms with E-state index >= 15 is 0 Å². The van der Waals surface area contributed by atoms with Crippen LogP contribution in [0.3, 0.4) is 0 Å². The number of benzene rings is 1. The Morgan fingerprint density at radius 2 is 1.50 bits per heavy atom. The van der Waals surface area contributed by atoms with Crippen LogP contribution >= 0.6 is 0 Å². The molecule has 0 saturated carbocycles. The minimum atomic E-state index is -0.290. The van der Waals surface area contributed by atoms with Gasteiger partial charge in [0.15, 0.2) is 0 Å². The van der Waals surface area contributed by atoms with Crippen molar-refractivity contribution in [3.8, 4) is 0 Å². The fourth-order valence-corrected chi connectivity index (χ4v) is 1.54. The number of nitrogens with one attached hydrogen (secondary N) is 3. The highest BCUT2D eigenvalue weighted by atomic mass is 16.2. The smallest absolute Gasteiger partial charge is 0.243 e. The summed E-state index contributed by atoms with van der Waals surface area (Å²) in [5.74, 6) is -0.578. The van der Waals surface area contributed by atoms with E-state index in [2.05, 4.69) is 16.0 Å². The van der Waals surface area contributed by atoms with E-state index in [1.807, 2.05) is 6.92 Å². The molecule has 0 aliphatic carbocycles. The zero-order chi connectivity index (χ0) is 15.0. The summed E-state index contributed by atoms with van der Waals surface area (Å²) in [7, 11) is 0. The molecule has 20 heavy (non-hydrogen) atoms. The van der Waals surface area contributed by atoms with Crippen LogP contribution in [0.1, 0.15) is 26.7 Å². The van der Waals surface area contributed by atoms with E-state index < -0.39 is 0 Å². The highest BCUT2D eigenvalue weighted by molar-refractivity contribution is 5.95. The third-order valence-electron chi connectivity index (χ3n) is 2.41. The summed E-state index contributed by atoms with van der Waals surface area (Å²) in [4.78, 5) is 33.7. The van der Waals surface area contributed by atoms with Gasteiger partial charge in [0.05, 0.1) is 6.54 Å². The lowest BCUT2D eigenvalue weighted by Crippen LogP contribution is -2.32. The number of rotatable bonds is 6. The van der Waals surface area contributed by atoms with Crippen LogP contribution in [0.4, 0.5) is 11.4 Å². The van der Waals surface area contributed by atoms with Crippen LogP contribution in [0.25, 0.3) is 0 Å². The van der Waals surface area contributed by atoms with Crippen molar-refractivity contribution in [2.24, 2.45) is 0 Å². The van der Waals surface area contributed by atoms with Crippen LogP contribution in [0.5, 0.6) is 0 Å². The van der Waals surface area contributed by atoms with Gasteiger partial charge in [-0.05, 0) is 30.7 Å². The molecule has 0 bridgehead atoms. The van der Waals surface area contributed by atoms with Gasteiger partial charge in [-0.2, -0.15) is 0 Å². The summed E-state index contributed by atoms with van der Waals surface area (Å²) in [6, 6.07) is 6.73. The molecule has 0 aliphatic heterocycles. The molecular weight excluding hydrogens is 258 g/mol. The molecule has 0 saturated heterocycles. The Morgan fingerprint density at radius 3 is 2.00 bits per heavy atom. The summed E-state index contributed by atoms with van der Waals surface area (Å²) in [6.45, 7) is 3.28. The molecule has 0 aliphatic rings. The molecule has 0 unspecified atom stereocenters. The second-order valence-corrected chi connectivity index (χ2v) is 4.33. The molecule has 0 heterocycles. The summed E-state index contributed by atoms with van der Waals surface area (Å²) >= 11 is 0. The Hall–Kier alpha value is -2.37. The average molecular weight is 277 g/mol. The van der Waals surface area contributed by atoms with Gasteiger partial charge in [0.2, 0.25) is 17.7 Å². The first-order valence-corrected chi connectivity index (χ1v) is 6.45. The molecule has 1 aromatic rings. The molecule has 3 N–H and O–H groups in total. The van der Waals surface area contributed by atoms with Crippen LogP contribution in [-0.2, 0) is 14.4 Å². The van der Waals surface area contributed by atoms with Crippen molar-refractivity contribution in [1.29, 1.82) is 0 Å². The molecule has 0 atom stereocenters. The van der Waals surface area contributed by atoms with Crippen LogP contribution in [0, 0.1) is 0 Å². The van der Waals surface area contributed by atoms with E-state index in [1.165, 1.54) is 6.92 Å². The summed E-state index contributed by atoms with van der Waals surface area (Å²) in [5.41, 5.74) is 1.26. The number of carbonyl (C=O) groups is 3. The lowest BCUT2D eigenvalue weighted by Gasteiger charge is -2.08. The fourth-order valence-electron chi connectivity index (χ4n) is 1.54. The highest BCUT2D eigenvalue weighted by Crippen LogP contribution is 2.13. The van der Waals surface area contributed by atoms with Crippen LogP contribution in [0.15, 0.2) is 24.3 Å². The third kappa shape index (κ3) is 5.99. The normalized spacial score (nSPS) is 9.70. The number of carbonyl (C=O) groups excluding carboxylic acids is 3. The fraction of sp³-hybridized carbons (Fsp3) is 0.357. The topological polar surface area (TPSA) is 87.3 Å². The van der Waals surface area contributed by atoms with Gasteiger partial charge in [-0.1, -0.05) is 6.92 Å². The van der Waals surface area contributed by atoms with Crippen molar-refractivity contribution < 1.29 is 14.4 Å². The number of amides is 3. The van der Waals surface area contributed by atoms with Gasteiger partial charge < -0.3 is 16.0 Å². The van der Waals surface area contributed by atoms with Crippen LogP contribution in [-0.4, -0.2) is 24.3 Å². The van der Waals surface area contributed by atoms with E-state index in [0.717, 1.165) is 6.42 Å². The first kappa shape index (κ1) is 15.7. The maximum atomic E-state index is 11.6. The van der Waals surface area contributed by atoms with Gasteiger partial charge >= 0.3 is 0 Å². The van der Waals surface area contributed by atoms with E-state index in [-0.39, 0.29) is 24.3 Å². The van der Waals surface area contributed by atoms with Gasteiger partial charge in [0.1, 0.15) is 0 Å². The van der Waals surface area contributed by atoms with Crippen molar-refractivity contribution in [1.82, 2.24) is 5.32 Å². The predicted molar refractivity (Wildman–Crippen MR) is 77.3 cm³/mol. The highest BCUT2D eigenvalue weighted by Gasteiger charge is 2.05. The molecule has 1 aromatic carbocycles. The lowest BCUT2D eigenvalue weighted by molar-refractivity contribution is -0.124. The maximum absolute atomic E-state index is 11.6. The SMILES string of the molecule is CCCC(=O)NCC(=O)Nc1ccc(NC(C)=O)cc1. The van der Waals surface area contributed by atoms with Gasteiger partial charge in [0.25, 0.3) is 0 Å². The summed E-state index contributed by atoms with van der Waals surface area (Å²) in [6.07, 6.45) is 1.16.